The molecule has 0 radical (unpaired) electrons. The molecule has 0 spiro atoms. The number of halogens is 1. The molecular formula is C25H32FN7O. The van der Waals surface area contributed by atoms with Gasteiger partial charge >= 0.3 is 0 Å². The van der Waals surface area contributed by atoms with Crippen LogP contribution in [0.5, 0.6) is 0 Å². The average Bonchev–Trinajstić information content (AvgIpc) is 3.54. The first-order chi connectivity index (χ1) is 16.6. The van der Waals surface area contributed by atoms with Gasteiger partial charge in [0.2, 0.25) is 0 Å². The third kappa shape index (κ3) is 4.90. The van der Waals surface area contributed by atoms with E-state index in [1.54, 1.807) is 0 Å². The summed E-state index contributed by atoms with van der Waals surface area (Å²) in [4.78, 5) is 6.85. The van der Waals surface area contributed by atoms with Crippen LogP contribution in [-0.2, 0) is 11.3 Å². The predicted octanol–water partition coefficient (Wildman–Crippen LogP) is 2.97. The zero-order chi connectivity index (χ0) is 23.5. The van der Waals surface area contributed by atoms with Crippen LogP contribution >= 0.6 is 0 Å². The summed E-state index contributed by atoms with van der Waals surface area (Å²) in [6.07, 6.45) is 2.29. The minimum absolute atomic E-state index is 0.0528. The molecule has 0 aliphatic carbocycles. The van der Waals surface area contributed by atoms with Gasteiger partial charge in [0.15, 0.2) is 5.82 Å². The van der Waals surface area contributed by atoms with E-state index in [0.29, 0.717) is 6.54 Å². The molecule has 8 nitrogen and oxygen atoms in total. The number of aromatic nitrogens is 4. The molecule has 0 bridgehead atoms. The zero-order valence-electron chi connectivity index (χ0n) is 19.8. The molecule has 0 N–H and O–H groups in total. The highest BCUT2D eigenvalue weighted by atomic mass is 19.1. The standard InChI is InChI=1S/C25H32FN7O/c1-30(2)21-9-5-19(6-10-21)24(25-27-28-29-33(25)18-23-4-3-17-34-23)32-15-13-31(14-16-32)22-11-7-20(26)8-12-22/h5-12,23-24H,3-4,13-18H2,1-2H3/t23-,24+/m1/s1. The summed E-state index contributed by atoms with van der Waals surface area (Å²) in [6, 6.07) is 15.3. The maximum absolute atomic E-state index is 13.4. The van der Waals surface area contributed by atoms with Crippen molar-refractivity contribution < 1.29 is 9.13 Å². The topological polar surface area (TPSA) is 62.6 Å². The average molecular weight is 466 g/mol. The number of anilines is 2. The monoisotopic (exact) mass is 465 g/mol. The number of tetrazole rings is 1. The Hall–Kier alpha value is -3.04. The molecule has 0 saturated carbocycles. The van der Waals surface area contributed by atoms with Crippen LogP contribution in [0.25, 0.3) is 0 Å². The molecule has 3 heterocycles. The smallest absolute Gasteiger partial charge is 0.173 e. The molecule has 2 atom stereocenters. The first-order valence-electron chi connectivity index (χ1n) is 12.0. The van der Waals surface area contributed by atoms with Gasteiger partial charge in [-0.15, -0.1) is 5.10 Å². The van der Waals surface area contributed by atoms with E-state index in [4.69, 9.17) is 4.74 Å². The number of piperazine rings is 1. The van der Waals surface area contributed by atoms with Gasteiger partial charge < -0.3 is 14.5 Å². The van der Waals surface area contributed by atoms with Crippen LogP contribution in [0.15, 0.2) is 48.5 Å². The van der Waals surface area contributed by atoms with Crippen molar-refractivity contribution in [3.63, 3.8) is 0 Å². The van der Waals surface area contributed by atoms with E-state index in [-0.39, 0.29) is 18.0 Å². The van der Waals surface area contributed by atoms with Gasteiger partial charge in [-0.25, -0.2) is 9.07 Å². The Morgan fingerprint density at radius 2 is 1.76 bits per heavy atom. The fourth-order valence-electron chi connectivity index (χ4n) is 4.89. The third-order valence-corrected chi connectivity index (χ3v) is 6.80. The van der Waals surface area contributed by atoms with E-state index >= 15 is 0 Å². The molecule has 2 saturated heterocycles. The van der Waals surface area contributed by atoms with Gasteiger partial charge in [-0.1, -0.05) is 12.1 Å². The normalized spacial score (nSPS) is 20.0. The lowest BCUT2D eigenvalue weighted by Crippen LogP contribution is -2.48. The van der Waals surface area contributed by atoms with Crippen molar-refractivity contribution in [3.8, 4) is 0 Å². The van der Waals surface area contributed by atoms with Crippen LogP contribution in [0.2, 0.25) is 0 Å². The molecule has 2 aromatic carbocycles. The molecule has 34 heavy (non-hydrogen) atoms. The van der Waals surface area contributed by atoms with Crippen molar-refractivity contribution in [2.45, 2.75) is 31.5 Å². The second-order valence-electron chi connectivity index (χ2n) is 9.24. The molecule has 2 aliphatic rings. The van der Waals surface area contributed by atoms with E-state index in [9.17, 15) is 4.39 Å². The molecule has 3 aromatic rings. The van der Waals surface area contributed by atoms with Gasteiger partial charge in [0.1, 0.15) is 5.82 Å². The SMILES string of the molecule is CN(C)c1ccc([C@@H](c2nnnn2C[C@H]2CCCO2)N2CCN(c3ccc(F)cc3)CC2)cc1. The minimum Gasteiger partial charge on any atom is -0.378 e. The lowest BCUT2D eigenvalue weighted by Gasteiger charge is -2.40. The number of benzene rings is 2. The van der Waals surface area contributed by atoms with E-state index in [2.05, 4.69) is 54.5 Å². The first kappa shape index (κ1) is 22.7. The van der Waals surface area contributed by atoms with Crippen LogP contribution < -0.4 is 9.80 Å². The highest BCUT2D eigenvalue weighted by Crippen LogP contribution is 2.31. The Labute approximate surface area is 199 Å². The van der Waals surface area contributed by atoms with Crippen LogP contribution in [0.4, 0.5) is 15.8 Å². The summed E-state index contributed by atoms with van der Waals surface area (Å²) in [5, 5.41) is 12.9. The van der Waals surface area contributed by atoms with Gasteiger partial charge in [0, 0.05) is 58.3 Å². The molecule has 180 valence electrons. The summed E-state index contributed by atoms with van der Waals surface area (Å²) < 4.78 is 21.1. The van der Waals surface area contributed by atoms with Crippen LogP contribution in [0.1, 0.15) is 30.3 Å². The van der Waals surface area contributed by atoms with E-state index in [1.807, 2.05) is 30.9 Å². The molecule has 2 fully saturated rings. The van der Waals surface area contributed by atoms with Crippen molar-refractivity contribution in [2.24, 2.45) is 0 Å². The van der Waals surface area contributed by atoms with Crippen molar-refractivity contribution in [2.75, 3.05) is 56.7 Å². The third-order valence-electron chi connectivity index (χ3n) is 6.80. The van der Waals surface area contributed by atoms with Crippen molar-refractivity contribution >= 4 is 11.4 Å². The Morgan fingerprint density at radius 3 is 2.41 bits per heavy atom. The molecule has 0 amide bonds. The molecule has 1 aromatic heterocycles. The van der Waals surface area contributed by atoms with Gasteiger partial charge in [-0.3, -0.25) is 4.90 Å². The van der Waals surface area contributed by atoms with Crippen LogP contribution in [0, 0.1) is 5.82 Å². The summed E-state index contributed by atoms with van der Waals surface area (Å²) in [7, 11) is 4.09. The largest absolute Gasteiger partial charge is 0.378 e. The minimum atomic E-state index is -0.207. The fraction of sp³-hybridized carbons (Fsp3) is 0.480. The van der Waals surface area contributed by atoms with Gasteiger partial charge in [-0.05, 0) is 65.2 Å². The van der Waals surface area contributed by atoms with E-state index < -0.39 is 0 Å². The van der Waals surface area contributed by atoms with Crippen molar-refractivity contribution in [3.05, 3.63) is 65.7 Å². The fourth-order valence-corrected chi connectivity index (χ4v) is 4.89. The number of hydrogen-bond donors (Lipinski definition) is 0. The second kappa shape index (κ2) is 10.1. The maximum atomic E-state index is 13.4. The second-order valence-corrected chi connectivity index (χ2v) is 9.24. The molecule has 2 aliphatic heterocycles. The van der Waals surface area contributed by atoms with E-state index in [0.717, 1.165) is 62.8 Å². The summed E-state index contributed by atoms with van der Waals surface area (Å²) >= 11 is 0. The summed E-state index contributed by atoms with van der Waals surface area (Å²) in [5.74, 6) is 0.644. The Balaban J connectivity index is 1.40. The molecule has 5 rings (SSSR count). The van der Waals surface area contributed by atoms with E-state index in [1.165, 1.54) is 17.7 Å². The lowest BCUT2D eigenvalue weighted by atomic mass is 10.0. The van der Waals surface area contributed by atoms with Crippen LogP contribution in [-0.4, -0.2) is 78.1 Å². The number of ether oxygens (including phenoxy) is 1. The van der Waals surface area contributed by atoms with Gasteiger partial charge in [-0.2, -0.15) is 0 Å². The Kier molecular flexibility index (Phi) is 6.73. The van der Waals surface area contributed by atoms with Gasteiger partial charge in [0.05, 0.1) is 18.7 Å². The predicted molar refractivity (Wildman–Crippen MR) is 130 cm³/mol. The molecule has 0 unspecified atom stereocenters. The molecular weight excluding hydrogens is 433 g/mol. The Bertz CT molecular complexity index is 1060. The number of nitrogens with zero attached hydrogens (tertiary/aromatic N) is 7. The quantitative estimate of drug-likeness (QED) is 0.532. The lowest BCUT2D eigenvalue weighted by molar-refractivity contribution is 0.0906. The first-order valence-corrected chi connectivity index (χ1v) is 12.0. The molecule has 9 heteroatoms. The van der Waals surface area contributed by atoms with Crippen molar-refractivity contribution in [1.29, 1.82) is 0 Å². The zero-order valence-corrected chi connectivity index (χ0v) is 19.8. The number of rotatable bonds is 7. The highest BCUT2D eigenvalue weighted by molar-refractivity contribution is 5.48. The summed E-state index contributed by atoms with van der Waals surface area (Å²) in [5.41, 5.74) is 3.38. The maximum Gasteiger partial charge on any atom is 0.173 e. The Morgan fingerprint density at radius 1 is 1.03 bits per heavy atom. The number of hydrogen-bond acceptors (Lipinski definition) is 7. The van der Waals surface area contributed by atoms with Crippen molar-refractivity contribution in [1.82, 2.24) is 25.1 Å². The summed E-state index contributed by atoms with van der Waals surface area (Å²) in [6.45, 7) is 4.89. The van der Waals surface area contributed by atoms with Crippen LogP contribution in [0.3, 0.4) is 0 Å². The highest BCUT2D eigenvalue weighted by Gasteiger charge is 2.31. The van der Waals surface area contributed by atoms with Gasteiger partial charge in [0.25, 0.3) is 0 Å².